The van der Waals surface area contributed by atoms with E-state index in [0.717, 1.165) is 0 Å². The van der Waals surface area contributed by atoms with Crippen LogP contribution in [0.4, 0.5) is 8.78 Å². The Labute approximate surface area is 113 Å². The largest absolute Gasteiger partial charge is 0.462 e. The van der Waals surface area contributed by atoms with E-state index < -0.39 is 12.6 Å². The molecule has 94 valence electrons. The summed E-state index contributed by atoms with van der Waals surface area (Å²) in [6, 6.07) is 2.79. The van der Waals surface area contributed by atoms with Gasteiger partial charge in [-0.15, -0.1) is 0 Å². The first kappa shape index (κ1) is 14.4. The minimum absolute atomic E-state index is 0.122. The average Bonchev–Trinajstić information content (AvgIpc) is 2.22. The summed E-state index contributed by atoms with van der Waals surface area (Å²) in [5.41, 5.74) is 0.122. The summed E-state index contributed by atoms with van der Waals surface area (Å²) >= 11 is 6.14. The molecule has 0 fully saturated rings. The summed E-state index contributed by atoms with van der Waals surface area (Å²) in [5.74, 6) is -0.739. The Morgan fingerprint density at radius 2 is 2.06 bits per heavy atom. The van der Waals surface area contributed by atoms with Gasteiger partial charge in [-0.05, 0) is 35.0 Å². The molecule has 1 aromatic rings. The lowest BCUT2D eigenvalue weighted by Gasteiger charge is -2.11. The zero-order chi connectivity index (χ0) is 13.0. The zero-order valence-electron chi connectivity index (χ0n) is 8.68. The number of hydrogen-bond donors (Lipinski definition) is 0. The van der Waals surface area contributed by atoms with E-state index in [4.69, 9.17) is 4.74 Å². The molecule has 0 radical (unpaired) electrons. The lowest BCUT2D eigenvalue weighted by molar-refractivity contribution is -0.0504. The van der Waals surface area contributed by atoms with Gasteiger partial charge in [-0.2, -0.15) is 8.78 Å². The molecule has 0 saturated carbocycles. The topological polar surface area (TPSA) is 35.5 Å². The van der Waals surface area contributed by atoms with E-state index in [9.17, 15) is 13.6 Å². The smallest absolute Gasteiger partial charge is 0.387 e. The lowest BCUT2D eigenvalue weighted by atomic mass is 10.2. The van der Waals surface area contributed by atoms with Gasteiger partial charge in [0.25, 0.3) is 0 Å². The molecule has 0 amide bonds. The second-order valence-corrected chi connectivity index (χ2v) is 4.57. The molecule has 0 aliphatic carbocycles. The highest BCUT2D eigenvalue weighted by Gasteiger charge is 2.18. The highest BCUT2D eigenvalue weighted by Crippen LogP contribution is 2.34. The zero-order valence-corrected chi connectivity index (χ0v) is 11.8. The van der Waals surface area contributed by atoms with E-state index in [1.807, 2.05) is 0 Å². The molecular formula is C10H8Br2F2O3. The summed E-state index contributed by atoms with van der Waals surface area (Å²) in [6.07, 6.45) is 0. The number of esters is 1. The summed E-state index contributed by atoms with van der Waals surface area (Å²) in [5, 5.41) is 0. The van der Waals surface area contributed by atoms with Crippen molar-refractivity contribution in [3.63, 3.8) is 0 Å². The van der Waals surface area contributed by atoms with Crippen molar-refractivity contribution in [3.05, 3.63) is 26.6 Å². The first-order valence-corrected chi connectivity index (χ1v) is 6.15. The summed E-state index contributed by atoms with van der Waals surface area (Å²) in [4.78, 5) is 11.5. The SMILES string of the molecule is CCOC(=O)c1cc(Br)cc(OC(F)F)c1Br. The van der Waals surface area contributed by atoms with Crippen molar-refractivity contribution < 1.29 is 23.0 Å². The molecule has 0 spiro atoms. The molecule has 0 heterocycles. The minimum atomic E-state index is -2.96. The molecule has 0 N–H and O–H groups in total. The molecule has 7 heteroatoms. The van der Waals surface area contributed by atoms with Crippen LogP contribution in [-0.2, 0) is 4.74 Å². The fourth-order valence-electron chi connectivity index (χ4n) is 1.10. The van der Waals surface area contributed by atoms with Crippen LogP contribution in [0.2, 0.25) is 0 Å². The number of carbonyl (C=O) groups is 1. The van der Waals surface area contributed by atoms with Gasteiger partial charge in [0, 0.05) is 4.47 Å². The second kappa shape index (κ2) is 6.30. The first-order chi connectivity index (χ1) is 7.95. The van der Waals surface area contributed by atoms with Crippen LogP contribution in [0.3, 0.4) is 0 Å². The van der Waals surface area contributed by atoms with Crippen LogP contribution < -0.4 is 4.74 Å². The number of benzene rings is 1. The molecule has 0 saturated heterocycles. The van der Waals surface area contributed by atoms with Crippen LogP contribution in [0, 0.1) is 0 Å². The van der Waals surface area contributed by atoms with Crippen LogP contribution in [0.1, 0.15) is 17.3 Å². The van der Waals surface area contributed by atoms with Crippen LogP contribution >= 0.6 is 31.9 Å². The molecule has 3 nitrogen and oxygen atoms in total. The fraction of sp³-hybridized carbons (Fsp3) is 0.300. The third-order valence-corrected chi connectivity index (χ3v) is 2.99. The van der Waals surface area contributed by atoms with Crippen LogP contribution in [-0.4, -0.2) is 19.2 Å². The fourth-order valence-corrected chi connectivity index (χ4v) is 2.02. The molecule has 17 heavy (non-hydrogen) atoms. The number of rotatable bonds is 4. The number of carbonyl (C=O) groups excluding carboxylic acids is 1. The van der Waals surface area contributed by atoms with Gasteiger partial charge < -0.3 is 9.47 Å². The van der Waals surface area contributed by atoms with Gasteiger partial charge in [0.05, 0.1) is 16.6 Å². The van der Waals surface area contributed by atoms with Gasteiger partial charge in [-0.3, -0.25) is 0 Å². The number of alkyl halides is 2. The van der Waals surface area contributed by atoms with Crippen LogP contribution in [0.5, 0.6) is 5.75 Å². The summed E-state index contributed by atoms with van der Waals surface area (Å²) < 4.78 is 33.9. The highest BCUT2D eigenvalue weighted by atomic mass is 79.9. The molecule has 1 rings (SSSR count). The molecule has 0 bridgehead atoms. The summed E-state index contributed by atoms with van der Waals surface area (Å²) in [7, 11) is 0. The van der Waals surface area contributed by atoms with E-state index in [2.05, 4.69) is 36.6 Å². The monoisotopic (exact) mass is 372 g/mol. The summed E-state index contributed by atoms with van der Waals surface area (Å²) in [6.45, 7) is -1.11. The maximum atomic E-state index is 12.1. The number of ether oxygens (including phenoxy) is 2. The molecule has 0 aliphatic heterocycles. The lowest BCUT2D eigenvalue weighted by Crippen LogP contribution is -2.08. The van der Waals surface area contributed by atoms with Crippen LogP contribution in [0.25, 0.3) is 0 Å². The van der Waals surface area contributed by atoms with Crippen LogP contribution in [0.15, 0.2) is 21.1 Å². The molecule has 0 unspecified atom stereocenters. The Kier molecular flexibility index (Phi) is 5.32. The minimum Gasteiger partial charge on any atom is -0.462 e. The number of halogens is 4. The van der Waals surface area contributed by atoms with E-state index in [0.29, 0.717) is 4.47 Å². The van der Waals surface area contributed by atoms with E-state index >= 15 is 0 Å². The molecule has 0 atom stereocenters. The molecule has 0 aromatic heterocycles. The Balaban J connectivity index is 3.13. The van der Waals surface area contributed by atoms with Crippen molar-refractivity contribution in [1.82, 2.24) is 0 Å². The normalized spacial score (nSPS) is 10.5. The van der Waals surface area contributed by atoms with Gasteiger partial charge in [0.15, 0.2) is 0 Å². The Bertz CT molecular complexity index is 424. The van der Waals surface area contributed by atoms with Gasteiger partial charge in [0.2, 0.25) is 0 Å². The number of hydrogen-bond acceptors (Lipinski definition) is 3. The van der Waals surface area contributed by atoms with Crippen molar-refractivity contribution in [2.24, 2.45) is 0 Å². The quantitative estimate of drug-likeness (QED) is 0.748. The molecule has 0 aliphatic rings. The van der Waals surface area contributed by atoms with Crippen molar-refractivity contribution in [3.8, 4) is 5.75 Å². The van der Waals surface area contributed by atoms with E-state index in [-0.39, 0.29) is 22.4 Å². The Morgan fingerprint density at radius 1 is 1.41 bits per heavy atom. The van der Waals surface area contributed by atoms with Crippen molar-refractivity contribution in [2.75, 3.05) is 6.61 Å². The third-order valence-electron chi connectivity index (χ3n) is 1.72. The van der Waals surface area contributed by atoms with Gasteiger partial charge in [-0.25, -0.2) is 4.79 Å². The Morgan fingerprint density at radius 3 is 2.59 bits per heavy atom. The first-order valence-electron chi connectivity index (χ1n) is 4.56. The Hall–Kier alpha value is -0.690. The van der Waals surface area contributed by atoms with Gasteiger partial charge in [-0.1, -0.05) is 15.9 Å². The molecule has 1 aromatic carbocycles. The van der Waals surface area contributed by atoms with Gasteiger partial charge >= 0.3 is 12.6 Å². The average molecular weight is 374 g/mol. The van der Waals surface area contributed by atoms with Gasteiger partial charge in [0.1, 0.15) is 5.75 Å². The highest BCUT2D eigenvalue weighted by molar-refractivity contribution is 9.11. The van der Waals surface area contributed by atoms with E-state index in [1.54, 1.807) is 6.92 Å². The van der Waals surface area contributed by atoms with Crippen molar-refractivity contribution >= 4 is 37.8 Å². The predicted molar refractivity (Wildman–Crippen MR) is 64.4 cm³/mol. The molecular weight excluding hydrogens is 366 g/mol. The van der Waals surface area contributed by atoms with Crippen molar-refractivity contribution in [1.29, 1.82) is 0 Å². The van der Waals surface area contributed by atoms with E-state index in [1.165, 1.54) is 12.1 Å². The maximum Gasteiger partial charge on any atom is 0.387 e. The third kappa shape index (κ3) is 3.92. The standard InChI is InChI=1S/C10H8Br2F2O3/c1-2-16-9(15)6-3-5(11)4-7(8(6)12)17-10(13)14/h3-4,10H,2H2,1H3. The van der Waals surface area contributed by atoms with Crippen molar-refractivity contribution in [2.45, 2.75) is 13.5 Å². The second-order valence-electron chi connectivity index (χ2n) is 2.86. The maximum absolute atomic E-state index is 12.1. The predicted octanol–water partition coefficient (Wildman–Crippen LogP) is 3.99.